The fourth-order valence-electron chi connectivity index (χ4n) is 4.33. The molecule has 2 aromatic heterocycles. The molecule has 5 rings (SSSR count). The Morgan fingerprint density at radius 3 is 2.37 bits per heavy atom. The molecule has 0 aliphatic rings. The second-order valence-electron chi connectivity index (χ2n) is 8.85. The van der Waals surface area contributed by atoms with Crippen molar-refractivity contribution < 1.29 is 22.4 Å². The predicted molar refractivity (Wildman–Crippen MR) is 136 cm³/mol. The molecule has 0 saturated heterocycles. The summed E-state index contributed by atoms with van der Waals surface area (Å²) in [4.78, 5) is 16.4. The fraction of sp³-hybridized carbons (Fsp3) is 0.111. The van der Waals surface area contributed by atoms with Gasteiger partial charge < -0.3 is 4.98 Å². The molecule has 0 unspecified atom stereocenters. The number of benzene rings is 3. The first kappa shape index (κ1) is 25.5. The zero-order valence-corrected chi connectivity index (χ0v) is 20.9. The molecule has 0 saturated carbocycles. The second kappa shape index (κ2) is 9.96. The monoisotopic (exact) mass is 541 g/mol. The number of nitrogens with one attached hydrogen (secondary N) is 2. The summed E-state index contributed by atoms with van der Waals surface area (Å²) in [6.45, 7) is -0.153. The first-order valence-electron chi connectivity index (χ1n) is 11.4. The number of carbonyl (C=O) groups is 1. The number of rotatable bonds is 6. The highest BCUT2D eigenvalue weighted by Gasteiger charge is 2.26. The van der Waals surface area contributed by atoms with Crippen molar-refractivity contribution >= 4 is 28.4 Å². The van der Waals surface area contributed by atoms with Crippen LogP contribution in [-0.2, 0) is 6.54 Å². The molecule has 0 spiro atoms. The molecule has 5 aromatic rings. The third-order valence-electron chi connectivity index (χ3n) is 5.92. The average molecular weight is 542 g/mol. The minimum absolute atomic E-state index is 0.110. The van der Waals surface area contributed by atoms with Gasteiger partial charge in [-0.3, -0.25) is 14.9 Å². The smallest absolute Gasteiger partial charge is 0.282 e. The van der Waals surface area contributed by atoms with Gasteiger partial charge in [0, 0.05) is 41.1 Å². The van der Waals surface area contributed by atoms with Crippen molar-refractivity contribution in [1.29, 1.82) is 0 Å². The lowest BCUT2D eigenvalue weighted by Crippen LogP contribution is -2.36. The molecule has 11 heteroatoms. The van der Waals surface area contributed by atoms with E-state index in [2.05, 4.69) is 15.5 Å². The highest BCUT2D eigenvalue weighted by atomic mass is 35.5. The molecule has 0 bridgehead atoms. The normalized spacial score (nSPS) is 11.5. The zero-order valence-electron chi connectivity index (χ0n) is 20.1. The molecule has 0 aliphatic heterocycles. The maximum Gasteiger partial charge on any atom is 0.282 e. The van der Waals surface area contributed by atoms with Crippen LogP contribution in [0, 0.1) is 23.3 Å². The summed E-state index contributed by atoms with van der Waals surface area (Å²) in [5.74, 6) is -5.14. The molecule has 3 aromatic carbocycles. The molecule has 194 valence electrons. The van der Waals surface area contributed by atoms with E-state index in [9.17, 15) is 22.4 Å². The van der Waals surface area contributed by atoms with Gasteiger partial charge in [0.05, 0.1) is 18.4 Å². The molecule has 6 nitrogen and oxygen atoms in total. The third-order valence-corrected chi connectivity index (χ3v) is 6.16. The minimum atomic E-state index is -1.57. The fourth-order valence-corrected chi connectivity index (χ4v) is 4.50. The van der Waals surface area contributed by atoms with Crippen LogP contribution in [0.2, 0.25) is 5.02 Å². The maximum absolute atomic E-state index is 14.0. The highest BCUT2D eigenvalue weighted by Crippen LogP contribution is 2.40. The lowest BCUT2D eigenvalue weighted by molar-refractivity contribution is 0.0853. The van der Waals surface area contributed by atoms with E-state index < -0.39 is 29.2 Å². The number of aromatic amines is 1. The Bertz CT molecular complexity index is 1650. The number of aromatic nitrogens is 3. The van der Waals surface area contributed by atoms with Crippen LogP contribution in [0.15, 0.2) is 60.8 Å². The summed E-state index contributed by atoms with van der Waals surface area (Å²) < 4.78 is 56.8. The quantitative estimate of drug-likeness (QED) is 0.154. The SMILES string of the molecule is CN(C)NC(=O)c1[nH]c2cc(Cl)ccc2c1-c1c(-c2ccc(F)cc2)cnn1Cc1cc(F)c(F)c(F)c1. The van der Waals surface area contributed by atoms with Crippen LogP contribution in [0.25, 0.3) is 33.3 Å². The number of amides is 1. The standard InChI is InChI=1S/C27H20ClF4N5O/c1-36(2)35-27(38)25-23(18-8-5-16(28)11-22(18)34-25)26-19(15-3-6-17(29)7-4-15)12-33-37(26)13-14-9-20(30)24(32)21(31)10-14/h3-12,34H,13H2,1-2H3,(H,35,38). The van der Waals surface area contributed by atoms with Gasteiger partial charge in [-0.05, 0) is 47.5 Å². The summed E-state index contributed by atoms with van der Waals surface area (Å²) in [5, 5.41) is 6.98. The maximum atomic E-state index is 14.0. The number of hydrogen-bond acceptors (Lipinski definition) is 3. The Labute approximate surface area is 219 Å². The van der Waals surface area contributed by atoms with Gasteiger partial charge in [-0.2, -0.15) is 5.10 Å². The Balaban J connectivity index is 1.78. The van der Waals surface area contributed by atoms with E-state index in [1.807, 2.05) is 0 Å². The Hall–Kier alpha value is -4.15. The van der Waals surface area contributed by atoms with Crippen molar-refractivity contribution in [2.24, 2.45) is 0 Å². The molecular formula is C27H20ClF4N5O. The number of carbonyl (C=O) groups excluding carboxylic acids is 1. The number of hydrogen-bond donors (Lipinski definition) is 2. The van der Waals surface area contributed by atoms with Gasteiger partial charge in [0.2, 0.25) is 0 Å². The first-order valence-corrected chi connectivity index (χ1v) is 11.7. The van der Waals surface area contributed by atoms with E-state index in [1.54, 1.807) is 44.4 Å². The molecule has 0 radical (unpaired) electrons. The Morgan fingerprint density at radius 1 is 1.03 bits per heavy atom. The van der Waals surface area contributed by atoms with E-state index in [0.29, 0.717) is 38.3 Å². The minimum Gasteiger partial charge on any atom is -0.350 e. The summed E-state index contributed by atoms with van der Waals surface area (Å²) in [6.07, 6.45) is 1.52. The van der Waals surface area contributed by atoms with Crippen LogP contribution in [0.1, 0.15) is 16.1 Å². The molecule has 38 heavy (non-hydrogen) atoms. The average Bonchev–Trinajstić information content (AvgIpc) is 3.43. The lowest BCUT2D eigenvalue weighted by Gasteiger charge is -2.15. The molecule has 0 aliphatic carbocycles. The Kier molecular flexibility index (Phi) is 6.68. The largest absolute Gasteiger partial charge is 0.350 e. The Morgan fingerprint density at radius 2 is 1.71 bits per heavy atom. The third kappa shape index (κ3) is 4.75. The van der Waals surface area contributed by atoms with Crippen molar-refractivity contribution in [3.05, 3.63) is 100 Å². The number of fused-ring (bicyclic) bond motifs is 1. The zero-order chi connectivity index (χ0) is 27.1. The van der Waals surface area contributed by atoms with Crippen molar-refractivity contribution in [3.63, 3.8) is 0 Å². The molecule has 0 fully saturated rings. The van der Waals surface area contributed by atoms with E-state index >= 15 is 0 Å². The van der Waals surface area contributed by atoms with Gasteiger partial charge in [-0.15, -0.1) is 0 Å². The van der Waals surface area contributed by atoms with Crippen LogP contribution in [0.5, 0.6) is 0 Å². The van der Waals surface area contributed by atoms with E-state index in [1.165, 1.54) is 28.0 Å². The van der Waals surface area contributed by atoms with Gasteiger partial charge >= 0.3 is 0 Å². The summed E-state index contributed by atoms with van der Waals surface area (Å²) in [5.41, 5.74) is 5.53. The number of halogens is 5. The van der Waals surface area contributed by atoms with E-state index in [0.717, 1.165) is 12.1 Å². The molecule has 2 heterocycles. The van der Waals surface area contributed by atoms with Crippen molar-refractivity contribution in [1.82, 2.24) is 25.2 Å². The molecular weight excluding hydrogens is 522 g/mol. The lowest BCUT2D eigenvalue weighted by atomic mass is 9.98. The van der Waals surface area contributed by atoms with Gasteiger partial charge in [-0.1, -0.05) is 29.8 Å². The van der Waals surface area contributed by atoms with E-state index in [-0.39, 0.29) is 17.8 Å². The van der Waals surface area contributed by atoms with Crippen LogP contribution >= 0.6 is 11.6 Å². The number of hydrazine groups is 1. The van der Waals surface area contributed by atoms with E-state index in [4.69, 9.17) is 11.6 Å². The van der Waals surface area contributed by atoms with Crippen LogP contribution < -0.4 is 5.43 Å². The number of H-pyrrole nitrogens is 1. The first-order chi connectivity index (χ1) is 18.1. The van der Waals surface area contributed by atoms with Gasteiger partial charge in [0.1, 0.15) is 11.5 Å². The molecule has 2 N–H and O–H groups in total. The summed E-state index contributed by atoms with van der Waals surface area (Å²) >= 11 is 6.21. The van der Waals surface area contributed by atoms with Gasteiger partial charge in [-0.25, -0.2) is 22.6 Å². The van der Waals surface area contributed by atoms with Gasteiger partial charge in [0.15, 0.2) is 17.5 Å². The highest BCUT2D eigenvalue weighted by molar-refractivity contribution is 6.31. The van der Waals surface area contributed by atoms with Crippen LogP contribution in [0.4, 0.5) is 17.6 Å². The molecule has 1 amide bonds. The van der Waals surface area contributed by atoms with Gasteiger partial charge in [0.25, 0.3) is 5.91 Å². The molecule has 0 atom stereocenters. The van der Waals surface area contributed by atoms with Crippen molar-refractivity contribution in [2.45, 2.75) is 6.54 Å². The van der Waals surface area contributed by atoms with Crippen molar-refractivity contribution in [2.75, 3.05) is 14.1 Å². The summed E-state index contributed by atoms with van der Waals surface area (Å²) in [7, 11) is 3.31. The topological polar surface area (TPSA) is 66.0 Å². The number of nitrogens with zero attached hydrogens (tertiary/aromatic N) is 3. The van der Waals surface area contributed by atoms with Crippen LogP contribution in [-0.4, -0.2) is 39.8 Å². The van der Waals surface area contributed by atoms with Crippen molar-refractivity contribution in [3.8, 4) is 22.4 Å². The summed E-state index contributed by atoms with van der Waals surface area (Å²) in [6, 6.07) is 12.5. The van der Waals surface area contributed by atoms with Crippen LogP contribution in [0.3, 0.4) is 0 Å². The predicted octanol–water partition coefficient (Wildman–Crippen LogP) is 6.16. The second-order valence-corrected chi connectivity index (χ2v) is 9.28.